The average molecular weight is 231 g/mol. The second-order valence-corrected chi connectivity index (χ2v) is 6.04. The van der Waals surface area contributed by atoms with Gasteiger partial charge in [0, 0.05) is 24.3 Å². The van der Waals surface area contributed by atoms with Crippen molar-refractivity contribution in [1.82, 2.24) is 0 Å². The summed E-state index contributed by atoms with van der Waals surface area (Å²) in [6.07, 6.45) is 0. The normalized spacial score (nSPS) is 16.8. The van der Waals surface area contributed by atoms with E-state index >= 15 is 0 Å². The third-order valence-corrected chi connectivity index (χ3v) is 3.73. The van der Waals surface area contributed by atoms with E-state index in [0.29, 0.717) is 5.41 Å². The standard InChI is InChI=1S/C15H21NO/c1-11(17)13-7-5-6-8-14(13)16-9-12(10-16)15(2,3)4/h5-8,12H,9-10H2,1-4H3. The van der Waals surface area contributed by atoms with Crippen LogP contribution in [0.1, 0.15) is 38.1 Å². The summed E-state index contributed by atoms with van der Waals surface area (Å²) in [6.45, 7) is 10.6. The molecule has 1 aromatic rings. The van der Waals surface area contributed by atoms with Crippen LogP contribution in [0.25, 0.3) is 0 Å². The van der Waals surface area contributed by atoms with E-state index in [0.717, 1.165) is 30.3 Å². The monoisotopic (exact) mass is 231 g/mol. The first-order valence-corrected chi connectivity index (χ1v) is 6.24. The number of nitrogens with zero attached hydrogens (tertiary/aromatic N) is 1. The predicted octanol–water partition coefficient (Wildman–Crippen LogP) is 3.37. The molecule has 2 nitrogen and oxygen atoms in total. The van der Waals surface area contributed by atoms with Gasteiger partial charge < -0.3 is 4.90 Å². The van der Waals surface area contributed by atoms with E-state index in [1.54, 1.807) is 6.92 Å². The smallest absolute Gasteiger partial charge is 0.161 e. The molecule has 1 aromatic carbocycles. The first-order chi connectivity index (χ1) is 7.89. The summed E-state index contributed by atoms with van der Waals surface area (Å²) < 4.78 is 0. The molecular formula is C15H21NO. The summed E-state index contributed by atoms with van der Waals surface area (Å²) in [5.41, 5.74) is 2.31. The van der Waals surface area contributed by atoms with Gasteiger partial charge in [0.05, 0.1) is 0 Å². The molecule has 0 spiro atoms. The van der Waals surface area contributed by atoms with Crippen molar-refractivity contribution in [3.63, 3.8) is 0 Å². The Morgan fingerprint density at radius 3 is 2.35 bits per heavy atom. The molecule has 2 heteroatoms. The second kappa shape index (κ2) is 4.17. The number of ketones is 1. The molecule has 1 aliphatic heterocycles. The Balaban J connectivity index is 2.14. The van der Waals surface area contributed by atoms with Crippen LogP contribution in [0.4, 0.5) is 5.69 Å². The lowest BCUT2D eigenvalue weighted by molar-refractivity contribution is 0.101. The Bertz CT molecular complexity index is 425. The zero-order valence-electron chi connectivity index (χ0n) is 11.2. The first kappa shape index (κ1) is 12.2. The minimum absolute atomic E-state index is 0.153. The van der Waals surface area contributed by atoms with E-state index in [4.69, 9.17) is 0 Å². The molecule has 17 heavy (non-hydrogen) atoms. The van der Waals surface area contributed by atoms with E-state index in [2.05, 4.69) is 31.7 Å². The lowest BCUT2D eigenvalue weighted by Crippen LogP contribution is -2.52. The number of benzene rings is 1. The van der Waals surface area contributed by atoms with Crippen LogP contribution < -0.4 is 4.90 Å². The molecule has 2 rings (SSSR count). The summed E-state index contributed by atoms with van der Waals surface area (Å²) in [4.78, 5) is 13.9. The van der Waals surface area contributed by atoms with Gasteiger partial charge in [-0.05, 0) is 30.4 Å². The molecule has 0 radical (unpaired) electrons. The molecule has 0 amide bonds. The SMILES string of the molecule is CC(=O)c1ccccc1N1CC(C(C)(C)C)C1. The Labute approximate surface area is 104 Å². The summed E-state index contributed by atoms with van der Waals surface area (Å²) in [7, 11) is 0. The fourth-order valence-corrected chi connectivity index (χ4v) is 2.27. The van der Waals surface area contributed by atoms with Crippen molar-refractivity contribution in [1.29, 1.82) is 0 Å². The van der Waals surface area contributed by atoms with E-state index < -0.39 is 0 Å². The van der Waals surface area contributed by atoms with Crippen LogP contribution >= 0.6 is 0 Å². The summed E-state index contributed by atoms with van der Waals surface area (Å²) in [6, 6.07) is 7.91. The van der Waals surface area contributed by atoms with Crippen LogP contribution in [-0.4, -0.2) is 18.9 Å². The summed E-state index contributed by atoms with van der Waals surface area (Å²) >= 11 is 0. The highest BCUT2D eigenvalue weighted by Gasteiger charge is 2.36. The van der Waals surface area contributed by atoms with Crippen molar-refractivity contribution in [2.24, 2.45) is 11.3 Å². The van der Waals surface area contributed by atoms with Gasteiger partial charge in [-0.25, -0.2) is 0 Å². The maximum atomic E-state index is 11.6. The lowest BCUT2D eigenvalue weighted by atomic mass is 9.75. The van der Waals surface area contributed by atoms with Gasteiger partial charge in [0.2, 0.25) is 0 Å². The van der Waals surface area contributed by atoms with Gasteiger partial charge in [-0.3, -0.25) is 4.79 Å². The molecule has 0 aliphatic carbocycles. The number of Topliss-reactive ketones (excluding diaryl/α,β-unsaturated/α-hetero) is 1. The van der Waals surface area contributed by atoms with Gasteiger partial charge in [-0.2, -0.15) is 0 Å². The van der Waals surface area contributed by atoms with Gasteiger partial charge in [-0.15, -0.1) is 0 Å². The van der Waals surface area contributed by atoms with E-state index in [9.17, 15) is 4.79 Å². The zero-order valence-corrected chi connectivity index (χ0v) is 11.2. The van der Waals surface area contributed by atoms with Gasteiger partial charge in [0.25, 0.3) is 0 Å². The van der Waals surface area contributed by atoms with Crippen LogP contribution in [0.2, 0.25) is 0 Å². The molecule has 1 heterocycles. The minimum Gasteiger partial charge on any atom is -0.370 e. The Hall–Kier alpha value is -1.31. The van der Waals surface area contributed by atoms with Gasteiger partial charge in [-0.1, -0.05) is 32.9 Å². The summed E-state index contributed by atoms with van der Waals surface area (Å²) in [5.74, 6) is 0.877. The highest BCUT2D eigenvalue weighted by Crippen LogP contribution is 2.37. The molecule has 0 bridgehead atoms. The second-order valence-electron chi connectivity index (χ2n) is 6.04. The largest absolute Gasteiger partial charge is 0.370 e. The number of hydrogen-bond acceptors (Lipinski definition) is 2. The Morgan fingerprint density at radius 2 is 1.82 bits per heavy atom. The van der Waals surface area contributed by atoms with Crippen molar-refractivity contribution >= 4 is 11.5 Å². The van der Waals surface area contributed by atoms with Crippen molar-refractivity contribution in [3.05, 3.63) is 29.8 Å². The van der Waals surface area contributed by atoms with Gasteiger partial charge in [0.1, 0.15) is 0 Å². The van der Waals surface area contributed by atoms with Crippen LogP contribution in [0, 0.1) is 11.3 Å². The number of para-hydroxylation sites is 1. The zero-order chi connectivity index (χ0) is 12.6. The average Bonchev–Trinajstić information content (AvgIpc) is 2.13. The van der Waals surface area contributed by atoms with Crippen LogP contribution in [0.15, 0.2) is 24.3 Å². The number of carbonyl (C=O) groups is 1. The Kier molecular flexibility index (Phi) is 2.98. The number of carbonyl (C=O) groups excluding carboxylic acids is 1. The number of hydrogen-bond donors (Lipinski definition) is 0. The van der Waals surface area contributed by atoms with Crippen molar-refractivity contribution in [2.45, 2.75) is 27.7 Å². The molecule has 0 atom stereocenters. The molecule has 0 aromatic heterocycles. The van der Waals surface area contributed by atoms with Crippen LogP contribution in [0.3, 0.4) is 0 Å². The lowest BCUT2D eigenvalue weighted by Gasteiger charge is -2.48. The molecule has 0 saturated carbocycles. The minimum atomic E-state index is 0.153. The van der Waals surface area contributed by atoms with E-state index in [-0.39, 0.29) is 5.78 Å². The third-order valence-electron chi connectivity index (χ3n) is 3.73. The maximum absolute atomic E-state index is 11.6. The molecule has 1 aliphatic rings. The maximum Gasteiger partial charge on any atom is 0.161 e. The predicted molar refractivity (Wildman–Crippen MR) is 71.6 cm³/mol. The van der Waals surface area contributed by atoms with E-state index in [1.165, 1.54) is 0 Å². The summed E-state index contributed by atoms with van der Waals surface area (Å²) in [5, 5.41) is 0. The molecular weight excluding hydrogens is 210 g/mol. The van der Waals surface area contributed by atoms with Crippen molar-refractivity contribution < 1.29 is 4.79 Å². The first-order valence-electron chi connectivity index (χ1n) is 6.24. The number of anilines is 1. The fraction of sp³-hybridized carbons (Fsp3) is 0.533. The highest BCUT2D eigenvalue weighted by molar-refractivity contribution is 5.99. The molecule has 1 fully saturated rings. The molecule has 92 valence electrons. The third kappa shape index (κ3) is 2.36. The van der Waals surface area contributed by atoms with E-state index in [1.807, 2.05) is 18.2 Å². The van der Waals surface area contributed by atoms with Crippen molar-refractivity contribution in [2.75, 3.05) is 18.0 Å². The van der Waals surface area contributed by atoms with Gasteiger partial charge in [0.15, 0.2) is 5.78 Å². The topological polar surface area (TPSA) is 20.3 Å². The van der Waals surface area contributed by atoms with Gasteiger partial charge >= 0.3 is 0 Å². The quantitative estimate of drug-likeness (QED) is 0.727. The number of rotatable bonds is 2. The Morgan fingerprint density at radius 1 is 1.24 bits per heavy atom. The van der Waals surface area contributed by atoms with Crippen LogP contribution in [0.5, 0.6) is 0 Å². The molecule has 0 unspecified atom stereocenters. The highest BCUT2D eigenvalue weighted by atomic mass is 16.1. The molecule has 0 N–H and O–H groups in total. The van der Waals surface area contributed by atoms with Crippen molar-refractivity contribution in [3.8, 4) is 0 Å². The fourth-order valence-electron chi connectivity index (χ4n) is 2.27. The molecule has 1 saturated heterocycles. The van der Waals surface area contributed by atoms with Crippen LogP contribution in [-0.2, 0) is 0 Å².